The molecule has 0 unspecified atom stereocenters. The lowest BCUT2D eigenvalue weighted by Crippen LogP contribution is -2.45. The molecule has 0 saturated heterocycles. The molecule has 0 saturated carbocycles. The van der Waals surface area contributed by atoms with E-state index in [2.05, 4.69) is 0 Å². The molecule has 1 amide bonds. The van der Waals surface area contributed by atoms with Crippen LogP contribution in [0.4, 0.5) is 9.18 Å². The minimum absolute atomic E-state index is 0.0621. The van der Waals surface area contributed by atoms with Crippen molar-refractivity contribution in [2.24, 2.45) is 5.92 Å². The number of phenols is 1. The first-order valence-electron chi connectivity index (χ1n) is 10.6. The molecule has 0 aliphatic carbocycles. The van der Waals surface area contributed by atoms with Crippen LogP contribution in [0.15, 0.2) is 47.3 Å². The van der Waals surface area contributed by atoms with Crippen LogP contribution in [0, 0.1) is 11.7 Å². The maximum absolute atomic E-state index is 15.0. The first kappa shape index (κ1) is 23.3. The number of hydrogen-bond donors (Lipinski definition) is 2. The lowest BCUT2D eigenvalue weighted by molar-refractivity contribution is 0.0937. The molecule has 1 aromatic heterocycles. The zero-order chi connectivity index (χ0) is 23.8. The lowest BCUT2D eigenvalue weighted by Gasteiger charge is -2.35. The third-order valence-electron chi connectivity index (χ3n) is 5.40. The molecule has 0 atom stereocenters. The van der Waals surface area contributed by atoms with E-state index < -0.39 is 17.4 Å². The van der Waals surface area contributed by atoms with E-state index in [4.69, 9.17) is 0 Å². The number of phenolic OH excluding ortho intramolecular Hbond substituents is 1. The number of benzene rings is 2. The van der Waals surface area contributed by atoms with Gasteiger partial charge in [0, 0.05) is 39.7 Å². The van der Waals surface area contributed by atoms with Gasteiger partial charge in [-0.3, -0.25) is 9.69 Å². The van der Waals surface area contributed by atoms with Gasteiger partial charge in [0.1, 0.15) is 11.6 Å². The molecule has 0 fully saturated rings. The van der Waals surface area contributed by atoms with Gasteiger partial charge in [0.2, 0.25) is 0 Å². The summed E-state index contributed by atoms with van der Waals surface area (Å²) in [7, 11) is 0. The number of amides is 1. The highest BCUT2D eigenvalue weighted by Gasteiger charge is 2.30. The molecule has 0 bridgehead atoms. The minimum atomic E-state index is -1.14. The summed E-state index contributed by atoms with van der Waals surface area (Å²) in [6.07, 6.45) is -1.14. The van der Waals surface area contributed by atoms with Crippen LogP contribution in [-0.2, 0) is 13.1 Å². The van der Waals surface area contributed by atoms with Crippen LogP contribution in [0.1, 0.15) is 40.3 Å². The predicted octanol–water partition coefficient (Wildman–Crippen LogP) is 5.45. The summed E-state index contributed by atoms with van der Waals surface area (Å²) in [6.45, 7) is 9.43. The quantitative estimate of drug-likeness (QED) is 0.553. The molecule has 0 aliphatic rings. The molecule has 0 aliphatic heterocycles. The highest BCUT2D eigenvalue weighted by Crippen LogP contribution is 2.36. The van der Waals surface area contributed by atoms with Gasteiger partial charge in [-0.25, -0.2) is 9.18 Å². The van der Waals surface area contributed by atoms with E-state index >= 15 is 4.39 Å². The highest BCUT2D eigenvalue weighted by molar-refractivity contribution is 5.98. The van der Waals surface area contributed by atoms with Crippen molar-refractivity contribution in [3.8, 4) is 16.9 Å². The standard InChI is InChI=1S/C25H29FN2O4/c1-15(2)13-27-21(14-28(24(31)32)25(3,4)5)22(18-8-6-7-9-20(18)26)19-12-16(29)10-11-17(19)23(27)30/h6-12,15,29H,13-14H2,1-5H3,(H,31,32). The molecule has 0 spiro atoms. The Morgan fingerprint density at radius 2 is 1.78 bits per heavy atom. The number of nitrogens with zero attached hydrogens (tertiary/aromatic N) is 2. The van der Waals surface area contributed by atoms with Gasteiger partial charge in [-0.15, -0.1) is 0 Å². The normalized spacial score (nSPS) is 11.8. The van der Waals surface area contributed by atoms with E-state index in [1.807, 2.05) is 13.8 Å². The molecule has 1 heterocycles. The van der Waals surface area contributed by atoms with Crippen LogP contribution < -0.4 is 5.56 Å². The Hall–Kier alpha value is -3.35. The summed E-state index contributed by atoms with van der Waals surface area (Å²) in [4.78, 5) is 26.8. The number of rotatable bonds is 5. The maximum atomic E-state index is 15.0. The summed E-state index contributed by atoms with van der Waals surface area (Å²) < 4.78 is 16.6. The Morgan fingerprint density at radius 3 is 2.34 bits per heavy atom. The average molecular weight is 441 g/mol. The Kier molecular flexibility index (Phi) is 6.30. The van der Waals surface area contributed by atoms with Crippen molar-refractivity contribution in [1.29, 1.82) is 0 Å². The minimum Gasteiger partial charge on any atom is -0.508 e. The highest BCUT2D eigenvalue weighted by atomic mass is 19.1. The molecule has 3 rings (SSSR count). The van der Waals surface area contributed by atoms with E-state index in [1.54, 1.807) is 43.5 Å². The van der Waals surface area contributed by atoms with Crippen molar-refractivity contribution >= 4 is 16.9 Å². The van der Waals surface area contributed by atoms with Crippen molar-refractivity contribution in [2.75, 3.05) is 0 Å². The molecule has 2 aromatic carbocycles. The van der Waals surface area contributed by atoms with Crippen LogP contribution in [0.25, 0.3) is 21.9 Å². The fraction of sp³-hybridized carbons (Fsp3) is 0.360. The van der Waals surface area contributed by atoms with E-state index in [0.29, 0.717) is 28.6 Å². The van der Waals surface area contributed by atoms with Gasteiger partial charge in [-0.2, -0.15) is 0 Å². The van der Waals surface area contributed by atoms with Crippen LogP contribution in [-0.4, -0.2) is 31.3 Å². The van der Waals surface area contributed by atoms with E-state index in [1.165, 1.54) is 29.2 Å². The maximum Gasteiger partial charge on any atom is 0.408 e. The number of aromatic hydroxyl groups is 1. The topological polar surface area (TPSA) is 82.8 Å². The second-order valence-electron chi connectivity index (χ2n) is 9.38. The molecule has 170 valence electrons. The number of halogens is 1. The SMILES string of the molecule is CC(C)Cn1c(CN(C(=O)O)C(C)(C)C)c(-c2ccccc2F)c2cc(O)ccc2c1=O. The van der Waals surface area contributed by atoms with Crippen LogP contribution >= 0.6 is 0 Å². The molecular weight excluding hydrogens is 411 g/mol. The van der Waals surface area contributed by atoms with Gasteiger partial charge in [0.05, 0.1) is 6.54 Å². The summed E-state index contributed by atoms with van der Waals surface area (Å²) in [5.41, 5.74) is -0.0166. The lowest BCUT2D eigenvalue weighted by atomic mass is 9.94. The molecule has 3 aromatic rings. The van der Waals surface area contributed by atoms with Crippen molar-refractivity contribution in [3.63, 3.8) is 0 Å². The first-order valence-corrected chi connectivity index (χ1v) is 10.6. The van der Waals surface area contributed by atoms with Gasteiger partial charge in [0.15, 0.2) is 0 Å². The van der Waals surface area contributed by atoms with E-state index in [0.717, 1.165) is 0 Å². The number of aromatic nitrogens is 1. The molecule has 7 heteroatoms. The average Bonchev–Trinajstić information content (AvgIpc) is 2.68. The summed E-state index contributed by atoms with van der Waals surface area (Å²) >= 11 is 0. The Labute approximate surface area is 186 Å². The second-order valence-corrected chi connectivity index (χ2v) is 9.38. The summed E-state index contributed by atoms with van der Waals surface area (Å²) in [6, 6.07) is 10.6. The van der Waals surface area contributed by atoms with E-state index in [-0.39, 0.29) is 29.3 Å². The van der Waals surface area contributed by atoms with Gasteiger partial charge in [0.25, 0.3) is 5.56 Å². The van der Waals surface area contributed by atoms with Gasteiger partial charge in [-0.1, -0.05) is 32.0 Å². The van der Waals surface area contributed by atoms with Crippen LogP contribution in [0.3, 0.4) is 0 Å². The van der Waals surface area contributed by atoms with Gasteiger partial charge < -0.3 is 14.8 Å². The van der Waals surface area contributed by atoms with Crippen molar-refractivity contribution in [3.05, 3.63) is 64.3 Å². The number of carboxylic acid groups (broad SMARTS) is 1. The van der Waals surface area contributed by atoms with E-state index in [9.17, 15) is 19.8 Å². The summed E-state index contributed by atoms with van der Waals surface area (Å²) in [5.74, 6) is -0.471. The van der Waals surface area contributed by atoms with Gasteiger partial charge in [-0.05, 0) is 51.0 Å². The molecular formula is C25H29FN2O4. The van der Waals surface area contributed by atoms with Crippen LogP contribution in [0.5, 0.6) is 5.75 Å². The third-order valence-corrected chi connectivity index (χ3v) is 5.40. The fourth-order valence-electron chi connectivity index (χ4n) is 3.91. The molecule has 6 nitrogen and oxygen atoms in total. The van der Waals surface area contributed by atoms with Crippen molar-refractivity contribution < 1.29 is 19.4 Å². The Bertz CT molecular complexity index is 1230. The van der Waals surface area contributed by atoms with Gasteiger partial charge >= 0.3 is 6.09 Å². The Balaban J connectivity index is 2.51. The first-order chi connectivity index (χ1) is 14.9. The largest absolute Gasteiger partial charge is 0.508 e. The smallest absolute Gasteiger partial charge is 0.408 e. The zero-order valence-electron chi connectivity index (χ0n) is 19.0. The number of pyridine rings is 1. The summed E-state index contributed by atoms with van der Waals surface area (Å²) in [5, 5.41) is 20.8. The molecule has 32 heavy (non-hydrogen) atoms. The number of fused-ring (bicyclic) bond motifs is 1. The zero-order valence-corrected chi connectivity index (χ0v) is 19.0. The monoisotopic (exact) mass is 440 g/mol. The second kappa shape index (κ2) is 8.65. The molecule has 0 radical (unpaired) electrons. The predicted molar refractivity (Wildman–Crippen MR) is 123 cm³/mol. The fourth-order valence-corrected chi connectivity index (χ4v) is 3.91. The van der Waals surface area contributed by atoms with Crippen molar-refractivity contribution in [1.82, 2.24) is 9.47 Å². The number of hydrogen-bond acceptors (Lipinski definition) is 3. The van der Waals surface area contributed by atoms with Crippen LogP contribution in [0.2, 0.25) is 0 Å². The molecule has 2 N–H and O–H groups in total. The third kappa shape index (κ3) is 4.47. The Morgan fingerprint density at radius 1 is 1.12 bits per heavy atom. The number of carbonyl (C=O) groups is 1. The van der Waals surface area contributed by atoms with Crippen molar-refractivity contribution in [2.45, 2.75) is 53.2 Å².